The zero-order chi connectivity index (χ0) is 22.0. The molecule has 3 aromatic rings. The van der Waals surface area contributed by atoms with E-state index in [1.807, 2.05) is 0 Å². The van der Waals surface area contributed by atoms with Gasteiger partial charge in [-0.15, -0.1) is 0 Å². The molecule has 1 fully saturated rings. The summed E-state index contributed by atoms with van der Waals surface area (Å²) < 4.78 is 41.7. The Morgan fingerprint density at radius 1 is 1.35 bits per heavy atom. The molecule has 10 nitrogen and oxygen atoms in total. The molecule has 0 aromatic carbocycles. The number of rotatable bonds is 9. The third-order valence-corrected chi connectivity index (χ3v) is 5.16. The molecule has 164 valence electrons. The molecule has 31 heavy (non-hydrogen) atoms. The van der Waals surface area contributed by atoms with E-state index in [1.165, 1.54) is 23.0 Å². The Kier molecular flexibility index (Phi) is 6.01. The summed E-state index contributed by atoms with van der Waals surface area (Å²) in [5.74, 6) is 0.483. The van der Waals surface area contributed by atoms with Gasteiger partial charge in [0.2, 0.25) is 12.6 Å². The molecule has 0 aliphatic heterocycles. The first kappa shape index (κ1) is 21.4. The molecule has 0 spiro atoms. The first-order valence-electron chi connectivity index (χ1n) is 9.49. The maximum atomic E-state index is 14.2. The van der Waals surface area contributed by atoms with E-state index in [-0.39, 0.29) is 18.1 Å². The van der Waals surface area contributed by atoms with Crippen LogP contribution >= 0.6 is 7.82 Å². The monoisotopic (exact) mass is 451 g/mol. The van der Waals surface area contributed by atoms with Gasteiger partial charge >= 0.3 is 7.82 Å². The van der Waals surface area contributed by atoms with Gasteiger partial charge in [-0.25, -0.2) is 23.0 Å². The number of hydrogen-bond acceptors (Lipinski definition) is 7. The van der Waals surface area contributed by atoms with E-state index in [9.17, 15) is 8.96 Å². The summed E-state index contributed by atoms with van der Waals surface area (Å²) in [6.45, 7) is 0.0403. The van der Waals surface area contributed by atoms with Crippen molar-refractivity contribution in [2.24, 2.45) is 5.92 Å². The first-order valence-corrected chi connectivity index (χ1v) is 11.0. The molecule has 12 heteroatoms. The minimum absolute atomic E-state index is 0.00405. The summed E-state index contributed by atoms with van der Waals surface area (Å²) >= 11 is 0. The molecule has 4 N–H and O–H groups in total. The van der Waals surface area contributed by atoms with Crippen molar-refractivity contribution in [2.75, 3.05) is 12.3 Å². The molecule has 0 amide bonds. The average Bonchev–Trinajstić information content (AvgIpc) is 3.43. The lowest BCUT2D eigenvalue weighted by atomic mass is 10.1. The van der Waals surface area contributed by atoms with Crippen LogP contribution < -0.4 is 15.0 Å². The van der Waals surface area contributed by atoms with Crippen LogP contribution in [0.5, 0.6) is 5.88 Å². The maximum absolute atomic E-state index is 14.2. The summed E-state index contributed by atoms with van der Waals surface area (Å²) in [6.07, 6.45) is 5.54. The normalized spacial score (nSPS) is 14.0. The van der Waals surface area contributed by atoms with Crippen LogP contribution in [0.1, 0.15) is 24.1 Å². The van der Waals surface area contributed by atoms with E-state index >= 15 is 0 Å². The molecule has 0 radical (unpaired) electrons. The molecule has 0 bridgehead atoms. The Bertz CT molecular complexity index is 1130. The van der Waals surface area contributed by atoms with Gasteiger partial charge in [0, 0.05) is 18.7 Å². The minimum Gasteiger partial charge on any atom is -0.475 e. The lowest BCUT2D eigenvalue weighted by Gasteiger charge is -2.07. The first-order chi connectivity index (χ1) is 14.8. The second-order valence-electron chi connectivity index (χ2n) is 7.27. The number of nitrogen functional groups attached to an aromatic ring is 1. The third-order valence-electron chi connectivity index (χ3n) is 4.71. The van der Waals surface area contributed by atoms with Crippen LogP contribution in [0.2, 0.25) is 0 Å². The van der Waals surface area contributed by atoms with Crippen molar-refractivity contribution in [1.82, 2.24) is 10.1 Å². The zero-order valence-electron chi connectivity index (χ0n) is 16.3. The Morgan fingerprint density at radius 3 is 2.87 bits per heavy atom. The van der Waals surface area contributed by atoms with Gasteiger partial charge in [0.25, 0.3) is 5.82 Å². The van der Waals surface area contributed by atoms with Crippen LogP contribution in [0.25, 0.3) is 11.3 Å². The molecule has 1 aliphatic carbocycles. The summed E-state index contributed by atoms with van der Waals surface area (Å²) in [5, 5.41) is 3.99. The van der Waals surface area contributed by atoms with Gasteiger partial charge < -0.3 is 19.0 Å². The highest BCUT2D eigenvalue weighted by atomic mass is 31.2. The third kappa shape index (κ3) is 5.65. The van der Waals surface area contributed by atoms with Crippen molar-refractivity contribution in [1.29, 1.82) is 0 Å². The van der Waals surface area contributed by atoms with E-state index in [1.54, 1.807) is 18.2 Å². The molecule has 4 rings (SSSR count). The Hall–Kier alpha value is -2.85. The highest BCUT2D eigenvalue weighted by Gasteiger charge is 2.23. The topological polar surface area (TPSA) is 145 Å². The molecule has 0 atom stereocenters. The van der Waals surface area contributed by atoms with Gasteiger partial charge in [-0.2, -0.15) is 0 Å². The van der Waals surface area contributed by atoms with Gasteiger partial charge in [-0.05, 0) is 42.5 Å². The second kappa shape index (κ2) is 8.72. The van der Waals surface area contributed by atoms with Crippen LogP contribution in [0.4, 0.5) is 10.2 Å². The van der Waals surface area contributed by atoms with Gasteiger partial charge in [-0.3, -0.25) is 5.73 Å². The Labute approximate surface area is 176 Å². The fourth-order valence-corrected chi connectivity index (χ4v) is 3.18. The van der Waals surface area contributed by atoms with E-state index in [2.05, 4.69) is 14.7 Å². The molecule has 1 saturated carbocycles. The standard InChI is InChI=1S/C19H20FN4O6P/c20-16-7-13(9-22-19(16)28-10-12-3-4-12)6-14-8-17(30-23-14)15-2-1-5-24(18(15)21)11-29-31(25,26)27/h1-2,5,7-9,12,21H,3-4,6,10-11H2,(H2,25,26,27)/p+1. The number of aromatic nitrogens is 3. The number of pyridine rings is 2. The number of anilines is 1. The molecular weight excluding hydrogens is 430 g/mol. The summed E-state index contributed by atoms with van der Waals surface area (Å²) in [4.78, 5) is 21.8. The number of phosphoric ester groups is 1. The van der Waals surface area contributed by atoms with E-state index in [0.29, 0.717) is 35.1 Å². The molecule has 1 aliphatic rings. The predicted octanol–water partition coefficient (Wildman–Crippen LogP) is 2.19. The summed E-state index contributed by atoms with van der Waals surface area (Å²) in [6, 6.07) is 6.29. The number of nitrogens with two attached hydrogens (primary N) is 1. The second-order valence-corrected chi connectivity index (χ2v) is 8.51. The summed E-state index contributed by atoms with van der Waals surface area (Å²) in [7, 11) is -4.64. The number of phosphoric acid groups is 1. The van der Waals surface area contributed by atoms with Crippen LogP contribution in [0.15, 0.2) is 41.2 Å². The van der Waals surface area contributed by atoms with Gasteiger partial charge in [0.05, 0.1) is 18.5 Å². The SMILES string of the molecule is Nc1c(-c2cc(Cc3cnc(OCC4CC4)c(F)c3)no2)ccc[n+]1COP(=O)(O)O. The Balaban J connectivity index is 1.46. The maximum Gasteiger partial charge on any atom is 0.472 e. The lowest BCUT2D eigenvalue weighted by molar-refractivity contribution is -0.711. The van der Waals surface area contributed by atoms with E-state index in [4.69, 9.17) is 24.8 Å². The number of ether oxygens (including phenoxy) is 1. The minimum atomic E-state index is -4.64. The predicted molar refractivity (Wildman–Crippen MR) is 105 cm³/mol. The van der Waals surface area contributed by atoms with Gasteiger partial charge in [0.1, 0.15) is 5.56 Å². The number of halogens is 1. The van der Waals surface area contributed by atoms with Crippen LogP contribution in [-0.2, 0) is 22.2 Å². The quantitative estimate of drug-likeness (QED) is 0.329. The van der Waals surface area contributed by atoms with Crippen molar-refractivity contribution in [3.63, 3.8) is 0 Å². The fourth-order valence-electron chi connectivity index (χ4n) is 2.90. The highest BCUT2D eigenvalue weighted by Crippen LogP contribution is 2.35. The van der Waals surface area contributed by atoms with E-state index < -0.39 is 20.4 Å². The van der Waals surface area contributed by atoms with Crippen LogP contribution in [-0.4, -0.2) is 26.5 Å². The smallest absolute Gasteiger partial charge is 0.472 e. The fraction of sp³-hybridized carbons (Fsp3) is 0.316. The molecule has 0 unspecified atom stereocenters. The average molecular weight is 451 g/mol. The van der Waals surface area contributed by atoms with E-state index in [0.717, 1.165) is 12.8 Å². The molecular formula is C19H21FN4O6P+. The number of nitrogens with zero attached hydrogens (tertiary/aromatic N) is 3. The van der Waals surface area contributed by atoms with Crippen molar-refractivity contribution in [3.8, 4) is 17.2 Å². The van der Waals surface area contributed by atoms with Crippen LogP contribution in [0.3, 0.4) is 0 Å². The van der Waals surface area contributed by atoms with Crippen molar-refractivity contribution >= 4 is 13.6 Å². The zero-order valence-corrected chi connectivity index (χ0v) is 17.2. The molecule has 3 aromatic heterocycles. The van der Waals surface area contributed by atoms with Crippen molar-refractivity contribution in [3.05, 3.63) is 53.7 Å². The number of hydrogen-bond donors (Lipinski definition) is 3. The van der Waals surface area contributed by atoms with Gasteiger partial charge in [-0.1, -0.05) is 5.16 Å². The largest absolute Gasteiger partial charge is 0.475 e. The highest BCUT2D eigenvalue weighted by molar-refractivity contribution is 7.46. The summed E-state index contributed by atoms with van der Waals surface area (Å²) in [5.41, 5.74) is 7.66. The Morgan fingerprint density at radius 2 is 2.16 bits per heavy atom. The molecule has 3 heterocycles. The molecule has 0 saturated heterocycles. The lowest BCUT2D eigenvalue weighted by Crippen LogP contribution is -2.38. The van der Waals surface area contributed by atoms with Crippen LogP contribution in [0, 0.1) is 11.7 Å². The van der Waals surface area contributed by atoms with Gasteiger partial charge in [0.15, 0.2) is 11.6 Å². The van der Waals surface area contributed by atoms with Crippen molar-refractivity contribution < 1.29 is 37.1 Å². The van der Waals surface area contributed by atoms with Crippen molar-refractivity contribution in [2.45, 2.75) is 26.0 Å².